The Morgan fingerprint density at radius 2 is 2.00 bits per heavy atom. The van der Waals surface area contributed by atoms with Crippen molar-refractivity contribution in [2.24, 2.45) is 11.8 Å². The van der Waals surface area contributed by atoms with E-state index < -0.39 is 34.0 Å². The summed E-state index contributed by atoms with van der Waals surface area (Å²) in [4.78, 5) is 1.79. The van der Waals surface area contributed by atoms with E-state index in [-0.39, 0.29) is 30.2 Å². The molecule has 1 aromatic rings. The molecule has 1 aliphatic carbocycles. The third-order valence-corrected chi connectivity index (χ3v) is 8.16. The zero-order valence-corrected chi connectivity index (χ0v) is 20.2. The van der Waals surface area contributed by atoms with Crippen molar-refractivity contribution in [1.82, 2.24) is 9.62 Å². The molecule has 34 heavy (non-hydrogen) atoms. The second kappa shape index (κ2) is 10.0. The summed E-state index contributed by atoms with van der Waals surface area (Å²) in [6.07, 6.45) is 5.06. The Morgan fingerprint density at radius 1 is 1.21 bits per heavy atom. The van der Waals surface area contributed by atoms with Crippen molar-refractivity contribution in [3.63, 3.8) is 0 Å². The summed E-state index contributed by atoms with van der Waals surface area (Å²) in [5, 5.41) is 3.49. The van der Waals surface area contributed by atoms with Crippen LogP contribution in [0.25, 0.3) is 0 Å². The van der Waals surface area contributed by atoms with Crippen LogP contribution in [-0.4, -0.2) is 58.4 Å². The summed E-state index contributed by atoms with van der Waals surface area (Å²) in [5.41, 5.74) is 0.432. The van der Waals surface area contributed by atoms with Gasteiger partial charge < -0.3 is 15.0 Å². The number of rotatable bonds is 7. The molecule has 2 aliphatic heterocycles. The highest BCUT2D eigenvalue weighted by atomic mass is 32.2. The van der Waals surface area contributed by atoms with E-state index in [1.54, 1.807) is 19.0 Å². The van der Waals surface area contributed by atoms with Gasteiger partial charge in [0.1, 0.15) is 0 Å². The highest BCUT2D eigenvalue weighted by Gasteiger charge is 2.45. The molecule has 1 unspecified atom stereocenters. The predicted octanol–water partition coefficient (Wildman–Crippen LogP) is 3.95. The number of sulfonamides is 1. The van der Waals surface area contributed by atoms with Gasteiger partial charge in [0.25, 0.3) is 0 Å². The number of ether oxygens (including phenoxy) is 1. The molecule has 0 spiro atoms. The maximum atomic E-state index is 13.4. The molecule has 6 nitrogen and oxygen atoms in total. The van der Waals surface area contributed by atoms with Crippen LogP contribution < -0.4 is 10.0 Å². The lowest BCUT2D eigenvalue weighted by molar-refractivity contribution is -0.138. The number of allylic oxidation sites excluding steroid dienone is 3. The number of nitrogens with one attached hydrogen (secondary N) is 2. The van der Waals surface area contributed by atoms with Gasteiger partial charge in [-0.15, -0.1) is 0 Å². The maximum absolute atomic E-state index is 13.4. The Kier molecular flexibility index (Phi) is 7.42. The molecule has 1 saturated heterocycles. The Hall–Kier alpha value is -1.88. The van der Waals surface area contributed by atoms with Crippen molar-refractivity contribution in [2.75, 3.05) is 38.3 Å². The molecule has 1 aromatic carbocycles. The Labute approximate surface area is 199 Å². The van der Waals surface area contributed by atoms with Crippen molar-refractivity contribution in [2.45, 2.75) is 43.7 Å². The molecule has 0 bridgehead atoms. The van der Waals surface area contributed by atoms with Gasteiger partial charge in [-0.3, -0.25) is 0 Å². The minimum absolute atomic E-state index is 0.0151. The standard InChI is InChI=1S/C24H32F3N3O3S/c1-30(2)12-13-34(31,32)28-15-18-9-10-19-22(16-6-4-3-5-7-16)29-21-11-8-17(24(25,26)27)14-20(21)23(19)33-18/h3-6,8,11,14,16,18-19,22-23,28-29H,7,9-10,12-13,15H2,1-2H3/t16?,18-,19+,22+,23+/m1/s1. The molecule has 10 heteroatoms. The predicted molar refractivity (Wildman–Crippen MR) is 126 cm³/mol. The van der Waals surface area contributed by atoms with Crippen LogP contribution in [0.2, 0.25) is 0 Å². The van der Waals surface area contributed by atoms with Gasteiger partial charge in [0, 0.05) is 42.2 Å². The van der Waals surface area contributed by atoms with Gasteiger partial charge in [-0.25, -0.2) is 13.1 Å². The molecule has 0 aromatic heterocycles. The monoisotopic (exact) mass is 499 g/mol. The number of hydrogen-bond donors (Lipinski definition) is 2. The van der Waals surface area contributed by atoms with Crippen LogP contribution in [0.3, 0.4) is 0 Å². The number of fused-ring (bicyclic) bond motifs is 3. The summed E-state index contributed by atoms with van der Waals surface area (Å²) in [7, 11) is 0.137. The van der Waals surface area contributed by atoms with Crippen LogP contribution in [0.15, 0.2) is 42.5 Å². The number of benzene rings is 1. The first-order chi connectivity index (χ1) is 16.0. The smallest absolute Gasteiger partial charge is 0.381 e. The van der Waals surface area contributed by atoms with Crippen LogP contribution in [0.4, 0.5) is 18.9 Å². The second-order valence-corrected chi connectivity index (χ2v) is 11.5. The van der Waals surface area contributed by atoms with E-state index in [0.29, 0.717) is 24.2 Å². The molecule has 0 amide bonds. The van der Waals surface area contributed by atoms with Crippen LogP contribution in [0.1, 0.15) is 36.5 Å². The molecule has 4 rings (SSSR count). The van der Waals surface area contributed by atoms with Crippen LogP contribution in [-0.2, 0) is 20.9 Å². The van der Waals surface area contributed by atoms with Gasteiger partial charge in [0.2, 0.25) is 10.0 Å². The zero-order valence-electron chi connectivity index (χ0n) is 19.4. The number of alkyl halides is 3. The van der Waals surface area contributed by atoms with Crippen LogP contribution >= 0.6 is 0 Å². The molecule has 2 heterocycles. The summed E-state index contributed by atoms with van der Waals surface area (Å²) >= 11 is 0. The van der Waals surface area contributed by atoms with E-state index in [4.69, 9.17) is 4.74 Å². The molecule has 3 aliphatic rings. The minimum atomic E-state index is -4.45. The lowest BCUT2D eigenvalue weighted by atomic mass is 9.73. The van der Waals surface area contributed by atoms with Gasteiger partial charge in [-0.1, -0.05) is 24.3 Å². The molecule has 0 saturated carbocycles. The summed E-state index contributed by atoms with van der Waals surface area (Å²) in [6, 6.07) is 3.78. The molecule has 2 N–H and O–H groups in total. The summed E-state index contributed by atoms with van der Waals surface area (Å²) < 4.78 is 74.0. The lowest BCUT2D eigenvalue weighted by Crippen LogP contribution is -2.48. The third-order valence-electron chi connectivity index (χ3n) is 6.83. The highest BCUT2D eigenvalue weighted by molar-refractivity contribution is 7.89. The SMILES string of the molecule is CN(C)CCS(=O)(=O)NC[C@H]1CC[C@@H]2[C@H](O1)c1cc(C(F)(F)F)ccc1N[C@H]2C1C=CC=CC1. The Bertz CT molecular complexity index is 1040. The minimum Gasteiger partial charge on any atom is -0.381 e. The van der Waals surface area contributed by atoms with E-state index in [0.717, 1.165) is 18.9 Å². The Morgan fingerprint density at radius 3 is 2.68 bits per heavy atom. The fraction of sp³-hybridized carbons (Fsp3) is 0.583. The number of hydrogen-bond acceptors (Lipinski definition) is 5. The molecular formula is C24H32F3N3O3S. The first-order valence-electron chi connectivity index (χ1n) is 11.6. The van der Waals surface area contributed by atoms with Gasteiger partial charge >= 0.3 is 6.18 Å². The topological polar surface area (TPSA) is 70.7 Å². The summed E-state index contributed by atoms with van der Waals surface area (Å²) in [5.74, 6) is 0.167. The van der Waals surface area contributed by atoms with E-state index in [1.165, 1.54) is 12.1 Å². The Balaban J connectivity index is 1.55. The van der Waals surface area contributed by atoms with E-state index in [9.17, 15) is 21.6 Å². The van der Waals surface area contributed by atoms with Crippen molar-refractivity contribution < 1.29 is 26.3 Å². The first kappa shape index (κ1) is 25.2. The maximum Gasteiger partial charge on any atom is 0.416 e. The van der Waals surface area contributed by atoms with Crippen molar-refractivity contribution in [3.8, 4) is 0 Å². The van der Waals surface area contributed by atoms with Crippen molar-refractivity contribution >= 4 is 15.7 Å². The number of anilines is 1. The molecule has 5 atom stereocenters. The van der Waals surface area contributed by atoms with Gasteiger partial charge in [0.15, 0.2) is 0 Å². The molecule has 0 radical (unpaired) electrons. The lowest BCUT2D eigenvalue weighted by Gasteiger charge is -2.47. The number of halogens is 3. The van der Waals surface area contributed by atoms with E-state index in [2.05, 4.69) is 22.2 Å². The average Bonchev–Trinajstić information content (AvgIpc) is 2.80. The molecule has 188 valence electrons. The number of nitrogens with zero attached hydrogens (tertiary/aromatic N) is 1. The third kappa shape index (κ3) is 5.84. The summed E-state index contributed by atoms with van der Waals surface area (Å²) in [6.45, 7) is 0.507. The second-order valence-electron chi connectivity index (χ2n) is 9.57. The average molecular weight is 500 g/mol. The van der Waals surface area contributed by atoms with E-state index in [1.807, 2.05) is 12.2 Å². The van der Waals surface area contributed by atoms with Gasteiger partial charge in [-0.05, 0) is 51.6 Å². The van der Waals surface area contributed by atoms with Crippen LogP contribution in [0, 0.1) is 11.8 Å². The normalized spacial score (nSPS) is 28.9. The van der Waals surface area contributed by atoms with Crippen LogP contribution in [0.5, 0.6) is 0 Å². The first-order valence-corrected chi connectivity index (χ1v) is 13.3. The van der Waals surface area contributed by atoms with Crippen molar-refractivity contribution in [3.05, 3.63) is 53.6 Å². The fourth-order valence-corrected chi connectivity index (χ4v) is 6.20. The fourth-order valence-electron chi connectivity index (χ4n) is 5.01. The molecular weight excluding hydrogens is 467 g/mol. The zero-order chi connectivity index (χ0) is 24.5. The highest BCUT2D eigenvalue weighted by Crippen LogP contribution is 2.49. The van der Waals surface area contributed by atoms with E-state index >= 15 is 0 Å². The van der Waals surface area contributed by atoms with Gasteiger partial charge in [-0.2, -0.15) is 13.2 Å². The quantitative estimate of drug-likeness (QED) is 0.595. The van der Waals surface area contributed by atoms with Gasteiger partial charge in [0.05, 0.1) is 23.5 Å². The van der Waals surface area contributed by atoms with Crippen molar-refractivity contribution in [1.29, 1.82) is 0 Å². The molecule has 1 fully saturated rings. The largest absolute Gasteiger partial charge is 0.416 e.